The second kappa shape index (κ2) is 4.55. The van der Waals surface area contributed by atoms with E-state index in [1.165, 1.54) is 12.0 Å². The van der Waals surface area contributed by atoms with Gasteiger partial charge in [-0.1, -0.05) is 0 Å². The Morgan fingerprint density at radius 2 is 2.38 bits per heavy atom. The molecule has 1 aromatic heterocycles. The highest BCUT2D eigenvalue weighted by Gasteiger charge is 2.25. The largest absolute Gasteiger partial charge is 0.315 e. The third-order valence-electron chi connectivity index (χ3n) is 3.72. The molecular weight excluding hydrogens is 200 g/mol. The lowest BCUT2D eigenvalue weighted by atomic mass is 10.1. The topological polar surface area (TPSA) is 33.1 Å². The average molecular weight is 222 g/mol. The second-order valence-corrected chi connectivity index (χ2v) is 4.83. The van der Waals surface area contributed by atoms with Crippen molar-refractivity contribution >= 4 is 0 Å². The van der Waals surface area contributed by atoms with Crippen LogP contribution in [0.4, 0.5) is 0 Å². The van der Waals surface area contributed by atoms with Crippen molar-refractivity contribution in [3.8, 4) is 0 Å². The molecule has 0 aliphatic carbocycles. The molecule has 90 valence electrons. The van der Waals surface area contributed by atoms with Gasteiger partial charge in [0.15, 0.2) is 0 Å². The van der Waals surface area contributed by atoms with E-state index in [4.69, 9.17) is 0 Å². The van der Waals surface area contributed by atoms with E-state index in [9.17, 15) is 0 Å². The summed E-state index contributed by atoms with van der Waals surface area (Å²) in [4.78, 5) is 2.46. The van der Waals surface area contributed by atoms with Crippen molar-refractivity contribution in [2.45, 2.75) is 32.4 Å². The van der Waals surface area contributed by atoms with E-state index in [0.717, 1.165) is 18.8 Å². The zero-order chi connectivity index (χ0) is 11.7. The lowest BCUT2D eigenvalue weighted by molar-refractivity contribution is 0.196. The van der Waals surface area contributed by atoms with Gasteiger partial charge in [-0.2, -0.15) is 5.10 Å². The molecule has 1 fully saturated rings. The fourth-order valence-electron chi connectivity index (χ4n) is 2.55. The second-order valence-electron chi connectivity index (χ2n) is 4.83. The first-order valence-corrected chi connectivity index (χ1v) is 6.02. The van der Waals surface area contributed by atoms with Crippen molar-refractivity contribution in [2.75, 3.05) is 20.1 Å². The van der Waals surface area contributed by atoms with Gasteiger partial charge in [0, 0.05) is 37.4 Å². The zero-order valence-electron chi connectivity index (χ0n) is 10.7. The van der Waals surface area contributed by atoms with Crippen molar-refractivity contribution in [1.29, 1.82) is 0 Å². The Kier molecular flexibility index (Phi) is 3.30. The third kappa shape index (κ3) is 2.13. The minimum Gasteiger partial charge on any atom is -0.315 e. The molecule has 0 bridgehead atoms. The molecule has 2 heterocycles. The van der Waals surface area contributed by atoms with Crippen LogP contribution in [-0.2, 0) is 7.05 Å². The van der Waals surface area contributed by atoms with E-state index < -0.39 is 0 Å². The van der Waals surface area contributed by atoms with E-state index in [1.54, 1.807) is 0 Å². The molecule has 1 saturated heterocycles. The lowest BCUT2D eigenvalue weighted by Crippen LogP contribution is -2.35. The maximum absolute atomic E-state index is 4.42. The van der Waals surface area contributed by atoms with Gasteiger partial charge in [-0.05, 0) is 33.9 Å². The Hall–Kier alpha value is -0.870. The van der Waals surface area contributed by atoms with Crippen molar-refractivity contribution in [3.05, 3.63) is 17.5 Å². The first kappa shape index (κ1) is 11.6. The Morgan fingerprint density at radius 1 is 1.62 bits per heavy atom. The number of aryl methyl sites for hydroxylation is 2. The molecule has 2 rings (SSSR count). The number of hydrogen-bond acceptors (Lipinski definition) is 3. The molecule has 1 N–H and O–H groups in total. The normalized spacial score (nSPS) is 22.9. The summed E-state index contributed by atoms with van der Waals surface area (Å²) in [7, 11) is 4.20. The van der Waals surface area contributed by atoms with Crippen molar-refractivity contribution in [3.63, 3.8) is 0 Å². The fraction of sp³-hybridized carbons (Fsp3) is 0.750. The van der Waals surface area contributed by atoms with Crippen LogP contribution in [0, 0.1) is 6.92 Å². The van der Waals surface area contributed by atoms with Crippen molar-refractivity contribution in [1.82, 2.24) is 20.0 Å². The summed E-state index contributed by atoms with van der Waals surface area (Å²) in [6, 6.07) is 1.10. The molecule has 2 unspecified atom stereocenters. The van der Waals surface area contributed by atoms with Crippen molar-refractivity contribution in [2.24, 2.45) is 7.05 Å². The van der Waals surface area contributed by atoms with Gasteiger partial charge in [0.25, 0.3) is 0 Å². The highest BCUT2D eigenvalue weighted by Crippen LogP contribution is 2.24. The minimum absolute atomic E-state index is 0.443. The van der Waals surface area contributed by atoms with E-state index in [-0.39, 0.29) is 0 Å². The molecule has 0 radical (unpaired) electrons. The summed E-state index contributed by atoms with van der Waals surface area (Å²) < 4.78 is 1.90. The molecule has 0 amide bonds. The van der Waals surface area contributed by atoms with Crippen LogP contribution in [0.1, 0.15) is 30.6 Å². The van der Waals surface area contributed by atoms with Gasteiger partial charge < -0.3 is 5.32 Å². The number of likely N-dealkylation sites (N-methyl/N-ethyl adjacent to an activating group) is 1. The van der Waals surface area contributed by atoms with Gasteiger partial charge in [0.1, 0.15) is 0 Å². The van der Waals surface area contributed by atoms with E-state index in [2.05, 4.69) is 42.4 Å². The molecule has 16 heavy (non-hydrogen) atoms. The molecule has 4 nitrogen and oxygen atoms in total. The van der Waals surface area contributed by atoms with Crippen LogP contribution in [0.15, 0.2) is 6.20 Å². The Labute approximate surface area is 97.6 Å². The third-order valence-corrected chi connectivity index (χ3v) is 3.72. The quantitative estimate of drug-likeness (QED) is 0.831. The summed E-state index contributed by atoms with van der Waals surface area (Å²) in [5.74, 6) is 0. The lowest BCUT2D eigenvalue weighted by Gasteiger charge is -2.29. The molecule has 0 saturated carbocycles. The highest BCUT2D eigenvalue weighted by atomic mass is 15.3. The number of nitrogens with one attached hydrogen (secondary N) is 1. The Morgan fingerprint density at radius 3 is 2.88 bits per heavy atom. The van der Waals surface area contributed by atoms with Crippen molar-refractivity contribution < 1.29 is 0 Å². The highest BCUT2D eigenvalue weighted by molar-refractivity contribution is 5.19. The number of nitrogens with zero attached hydrogens (tertiary/aromatic N) is 3. The number of hydrogen-bond donors (Lipinski definition) is 1. The molecule has 0 aromatic carbocycles. The predicted octanol–water partition coefficient (Wildman–Crippen LogP) is 1.08. The molecular formula is C12H22N4. The first-order chi connectivity index (χ1) is 7.59. The van der Waals surface area contributed by atoms with Crippen LogP contribution in [0.25, 0.3) is 0 Å². The minimum atomic E-state index is 0.443. The van der Waals surface area contributed by atoms with Gasteiger partial charge in [0.2, 0.25) is 0 Å². The monoisotopic (exact) mass is 222 g/mol. The van der Waals surface area contributed by atoms with E-state index in [1.807, 2.05) is 11.7 Å². The van der Waals surface area contributed by atoms with Crippen LogP contribution in [0.5, 0.6) is 0 Å². The summed E-state index contributed by atoms with van der Waals surface area (Å²) in [6.07, 6.45) is 3.39. The van der Waals surface area contributed by atoms with Crippen LogP contribution >= 0.6 is 0 Å². The van der Waals surface area contributed by atoms with Gasteiger partial charge >= 0.3 is 0 Å². The van der Waals surface area contributed by atoms with E-state index in [0.29, 0.717) is 12.1 Å². The van der Waals surface area contributed by atoms with Gasteiger partial charge in [-0.15, -0.1) is 0 Å². The maximum atomic E-state index is 4.42. The maximum Gasteiger partial charge on any atom is 0.0641 e. The standard InChI is InChI=1S/C12H22N4/c1-9-12(8-15(3)14-9)10(2)16(4)11-5-6-13-7-11/h8,10-11,13H,5-7H2,1-4H3. The summed E-state index contributed by atoms with van der Waals surface area (Å²) in [5.41, 5.74) is 2.49. The van der Waals surface area contributed by atoms with Crippen LogP contribution < -0.4 is 5.32 Å². The molecule has 1 aliphatic rings. The fourth-order valence-corrected chi connectivity index (χ4v) is 2.55. The molecule has 0 spiro atoms. The number of aromatic nitrogens is 2. The first-order valence-electron chi connectivity index (χ1n) is 6.02. The SMILES string of the molecule is Cc1nn(C)cc1C(C)N(C)C1CCNC1. The summed E-state index contributed by atoms with van der Waals surface area (Å²) in [5, 5.41) is 7.83. The smallest absolute Gasteiger partial charge is 0.0641 e. The molecule has 2 atom stereocenters. The van der Waals surface area contributed by atoms with Gasteiger partial charge in [-0.3, -0.25) is 9.58 Å². The predicted molar refractivity (Wildman–Crippen MR) is 65.4 cm³/mol. The molecule has 4 heteroatoms. The van der Waals surface area contributed by atoms with Crippen LogP contribution in [0.3, 0.4) is 0 Å². The van der Waals surface area contributed by atoms with Crippen LogP contribution in [-0.4, -0.2) is 40.9 Å². The van der Waals surface area contributed by atoms with Gasteiger partial charge in [0.05, 0.1) is 5.69 Å². The van der Waals surface area contributed by atoms with E-state index >= 15 is 0 Å². The molecule has 1 aliphatic heterocycles. The Bertz CT molecular complexity index is 352. The van der Waals surface area contributed by atoms with Gasteiger partial charge in [-0.25, -0.2) is 0 Å². The molecule has 1 aromatic rings. The average Bonchev–Trinajstić information content (AvgIpc) is 2.85. The summed E-state index contributed by atoms with van der Waals surface area (Å²) in [6.45, 7) is 6.61. The Balaban J connectivity index is 2.11. The zero-order valence-corrected chi connectivity index (χ0v) is 10.7. The van der Waals surface area contributed by atoms with Crippen LogP contribution in [0.2, 0.25) is 0 Å². The summed E-state index contributed by atoms with van der Waals surface area (Å²) >= 11 is 0. The number of rotatable bonds is 3.